The molecular formula is C14H30N4. The Kier molecular flexibility index (Phi) is 6.41. The largest absolute Gasteiger partial charge is 0.317 e. The second-order valence-corrected chi connectivity index (χ2v) is 5.90. The van der Waals surface area contributed by atoms with Crippen LogP contribution >= 0.6 is 0 Å². The van der Waals surface area contributed by atoms with Crippen LogP contribution in [0.15, 0.2) is 0 Å². The fourth-order valence-electron chi connectivity index (χ4n) is 3.06. The zero-order valence-corrected chi connectivity index (χ0v) is 12.0. The van der Waals surface area contributed by atoms with Gasteiger partial charge in [-0.05, 0) is 58.4 Å². The molecule has 0 amide bonds. The molecule has 0 radical (unpaired) electrons. The lowest BCUT2D eigenvalue weighted by Crippen LogP contribution is -2.44. The van der Waals surface area contributed by atoms with Crippen LogP contribution in [0.2, 0.25) is 0 Å². The Morgan fingerprint density at radius 3 is 2.72 bits per heavy atom. The Labute approximate surface area is 112 Å². The van der Waals surface area contributed by atoms with Gasteiger partial charge in [0.05, 0.1) is 0 Å². The van der Waals surface area contributed by atoms with Gasteiger partial charge in [0.25, 0.3) is 0 Å². The molecule has 2 N–H and O–H groups in total. The smallest absolute Gasteiger partial charge is 0.0107 e. The van der Waals surface area contributed by atoms with Crippen LogP contribution in [0.1, 0.15) is 19.3 Å². The monoisotopic (exact) mass is 254 g/mol. The highest BCUT2D eigenvalue weighted by Gasteiger charge is 2.18. The average molecular weight is 254 g/mol. The predicted octanol–water partition coefficient (Wildman–Crippen LogP) is 0.213. The van der Waals surface area contributed by atoms with Crippen LogP contribution in [0.25, 0.3) is 0 Å². The van der Waals surface area contributed by atoms with Crippen molar-refractivity contribution in [1.29, 1.82) is 0 Å². The third-order valence-electron chi connectivity index (χ3n) is 4.26. The van der Waals surface area contributed by atoms with Crippen LogP contribution in [0, 0.1) is 5.92 Å². The first-order valence-electron chi connectivity index (χ1n) is 7.67. The molecule has 4 heteroatoms. The van der Waals surface area contributed by atoms with E-state index in [1.165, 1.54) is 78.2 Å². The minimum atomic E-state index is 0.940. The summed E-state index contributed by atoms with van der Waals surface area (Å²) in [5.74, 6) is 0.940. The van der Waals surface area contributed by atoms with Gasteiger partial charge < -0.3 is 20.4 Å². The molecule has 0 aromatic carbocycles. The minimum Gasteiger partial charge on any atom is -0.317 e. The van der Waals surface area contributed by atoms with Crippen molar-refractivity contribution in [2.45, 2.75) is 19.3 Å². The molecule has 1 unspecified atom stereocenters. The van der Waals surface area contributed by atoms with Crippen molar-refractivity contribution in [2.75, 3.05) is 66.0 Å². The number of likely N-dealkylation sites (tertiary alicyclic amines) is 1. The highest BCUT2D eigenvalue weighted by molar-refractivity contribution is 4.73. The lowest BCUT2D eigenvalue weighted by molar-refractivity contribution is 0.237. The molecule has 18 heavy (non-hydrogen) atoms. The van der Waals surface area contributed by atoms with Crippen LogP contribution in [0.4, 0.5) is 0 Å². The lowest BCUT2D eigenvalue weighted by atomic mass is 10.1. The fourth-order valence-corrected chi connectivity index (χ4v) is 3.06. The van der Waals surface area contributed by atoms with E-state index in [9.17, 15) is 0 Å². The van der Waals surface area contributed by atoms with Gasteiger partial charge in [0, 0.05) is 32.7 Å². The first-order valence-corrected chi connectivity index (χ1v) is 7.67. The maximum Gasteiger partial charge on any atom is 0.0107 e. The molecule has 0 aromatic heterocycles. The van der Waals surface area contributed by atoms with Gasteiger partial charge in [-0.15, -0.1) is 0 Å². The molecule has 0 aromatic rings. The predicted molar refractivity (Wildman–Crippen MR) is 77.0 cm³/mol. The molecule has 2 aliphatic heterocycles. The Bertz CT molecular complexity index is 207. The summed E-state index contributed by atoms with van der Waals surface area (Å²) >= 11 is 0. The van der Waals surface area contributed by atoms with E-state index in [2.05, 4.69) is 27.5 Å². The maximum absolute atomic E-state index is 3.61. The van der Waals surface area contributed by atoms with E-state index in [0.717, 1.165) is 5.92 Å². The summed E-state index contributed by atoms with van der Waals surface area (Å²) in [6.07, 6.45) is 4.06. The van der Waals surface area contributed by atoms with Crippen molar-refractivity contribution in [3.05, 3.63) is 0 Å². The highest BCUT2D eigenvalue weighted by atomic mass is 15.2. The third-order valence-corrected chi connectivity index (χ3v) is 4.26. The molecule has 0 saturated carbocycles. The molecule has 2 fully saturated rings. The Morgan fingerprint density at radius 2 is 2.00 bits per heavy atom. The molecule has 2 saturated heterocycles. The molecule has 106 valence electrons. The second kappa shape index (κ2) is 8.10. The summed E-state index contributed by atoms with van der Waals surface area (Å²) in [4.78, 5) is 5.03. The summed E-state index contributed by atoms with van der Waals surface area (Å²) in [6.45, 7) is 11.1. The topological polar surface area (TPSA) is 30.5 Å². The van der Waals surface area contributed by atoms with E-state index in [-0.39, 0.29) is 0 Å². The zero-order chi connectivity index (χ0) is 12.6. The SMILES string of the molecule is CN1CCC(CCNCCCN2CCNCC2)C1. The van der Waals surface area contributed by atoms with Gasteiger partial charge in [0.2, 0.25) is 0 Å². The van der Waals surface area contributed by atoms with Gasteiger partial charge >= 0.3 is 0 Å². The summed E-state index contributed by atoms with van der Waals surface area (Å²) in [5, 5.41) is 7.00. The highest BCUT2D eigenvalue weighted by Crippen LogP contribution is 2.16. The van der Waals surface area contributed by atoms with Gasteiger partial charge in [-0.1, -0.05) is 0 Å². The summed E-state index contributed by atoms with van der Waals surface area (Å²) in [7, 11) is 2.24. The maximum atomic E-state index is 3.61. The Morgan fingerprint density at radius 1 is 1.17 bits per heavy atom. The van der Waals surface area contributed by atoms with Crippen molar-refractivity contribution >= 4 is 0 Å². The van der Waals surface area contributed by atoms with Crippen molar-refractivity contribution in [1.82, 2.24) is 20.4 Å². The van der Waals surface area contributed by atoms with Crippen LogP contribution in [-0.4, -0.2) is 75.8 Å². The molecular weight excluding hydrogens is 224 g/mol. The standard InChI is InChI=1S/C14H30N4/c1-17-10-4-14(13-17)3-6-15-5-2-9-18-11-7-16-8-12-18/h14-16H,2-13H2,1H3. The summed E-state index contributed by atoms with van der Waals surface area (Å²) in [5.41, 5.74) is 0. The zero-order valence-electron chi connectivity index (χ0n) is 12.0. The lowest BCUT2D eigenvalue weighted by Gasteiger charge is -2.27. The number of rotatable bonds is 7. The number of nitrogens with one attached hydrogen (secondary N) is 2. The number of hydrogen-bond donors (Lipinski definition) is 2. The molecule has 0 bridgehead atoms. The second-order valence-electron chi connectivity index (χ2n) is 5.90. The number of piperazine rings is 1. The first kappa shape index (κ1) is 14.3. The van der Waals surface area contributed by atoms with E-state index in [1.54, 1.807) is 0 Å². The van der Waals surface area contributed by atoms with Gasteiger partial charge in [0.1, 0.15) is 0 Å². The van der Waals surface area contributed by atoms with Crippen molar-refractivity contribution in [3.63, 3.8) is 0 Å². The molecule has 4 nitrogen and oxygen atoms in total. The van der Waals surface area contributed by atoms with E-state index >= 15 is 0 Å². The quantitative estimate of drug-likeness (QED) is 0.636. The molecule has 2 aliphatic rings. The summed E-state index contributed by atoms with van der Waals surface area (Å²) < 4.78 is 0. The normalized spacial score (nSPS) is 26.8. The minimum absolute atomic E-state index is 0.940. The van der Waals surface area contributed by atoms with Gasteiger partial charge in [-0.25, -0.2) is 0 Å². The fraction of sp³-hybridized carbons (Fsp3) is 1.00. The number of nitrogens with zero attached hydrogens (tertiary/aromatic N) is 2. The van der Waals surface area contributed by atoms with Crippen molar-refractivity contribution in [2.24, 2.45) is 5.92 Å². The molecule has 0 spiro atoms. The first-order chi connectivity index (χ1) is 8.84. The van der Waals surface area contributed by atoms with E-state index in [1.807, 2.05) is 0 Å². The van der Waals surface area contributed by atoms with Crippen LogP contribution < -0.4 is 10.6 Å². The molecule has 2 heterocycles. The molecule has 2 rings (SSSR count). The Balaban J connectivity index is 1.39. The Hall–Kier alpha value is -0.160. The van der Waals surface area contributed by atoms with Crippen LogP contribution in [0.5, 0.6) is 0 Å². The average Bonchev–Trinajstić information content (AvgIpc) is 2.81. The van der Waals surface area contributed by atoms with Crippen LogP contribution in [0.3, 0.4) is 0 Å². The molecule has 1 atom stereocenters. The van der Waals surface area contributed by atoms with Gasteiger partial charge in [0.15, 0.2) is 0 Å². The van der Waals surface area contributed by atoms with Gasteiger partial charge in [-0.2, -0.15) is 0 Å². The van der Waals surface area contributed by atoms with Crippen molar-refractivity contribution < 1.29 is 0 Å². The summed E-state index contributed by atoms with van der Waals surface area (Å²) in [6, 6.07) is 0. The van der Waals surface area contributed by atoms with Crippen LogP contribution in [-0.2, 0) is 0 Å². The molecule has 0 aliphatic carbocycles. The van der Waals surface area contributed by atoms with Gasteiger partial charge in [-0.3, -0.25) is 0 Å². The number of hydrogen-bond acceptors (Lipinski definition) is 4. The van der Waals surface area contributed by atoms with Crippen molar-refractivity contribution in [3.8, 4) is 0 Å². The van der Waals surface area contributed by atoms with E-state index < -0.39 is 0 Å². The van der Waals surface area contributed by atoms with E-state index in [4.69, 9.17) is 0 Å². The third kappa shape index (κ3) is 5.22. The van der Waals surface area contributed by atoms with E-state index in [0.29, 0.717) is 0 Å².